The molecule has 0 saturated carbocycles. The van der Waals surface area contributed by atoms with Crippen molar-refractivity contribution >= 4 is 21.7 Å². The number of carbonyl (C=O) groups excluding carboxylic acids is 1. The van der Waals surface area contributed by atoms with Gasteiger partial charge in [-0.2, -0.15) is 4.31 Å². The van der Waals surface area contributed by atoms with E-state index < -0.39 is 10.0 Å². The van der Waals surface area contributed by atoms with E-state index in [0.717, 1.165) is 17.0 Å². The van der Waals surface area contributed by atoms with Gasteiger partial charge in [-0.1, -0.05) is 5.16 Å². The van der Waals surface area contributed by atoms with Crippen molar-refractivity contribution in [3.63, 3.8) is 0 Å². The average molecular weight is 464 g/mol. The van der Waals surface area contributed by atoms with Gasteiger partial charge in [-0.05, 0) is 32.4 Å². The summed E-state index contributed by atoms with van der Waals surface area (Å²) in [6, 6.07) is 3.34. The molecule has 2 fully saturated rings. The molecule has 0 aromatic carbocycles. The van der Waals surface area contributed by atoms with Gasteiger partial charge in [0.2, 0.25) is 15.9 Å². The lowest BCUT2D eigenvalue weighted by molar-refractivity contribution is -0.131. The number of nitrogens with zero attached hydrogens (tertiary/aromatic N) is 5. The van der Waals surface area contributed by atoms with Crippen molar-refractivity contribution in [1.82, 2.24) is 19.3 Å². The monoisotopic (exact) mass is 463 g/mol. The number of morpholine rings is 1. The van der Waals surface area contributed by atoms with Crippen molar-refractivity contribution in [3.8, 4) is 0 Å². The third kappa shape index (κ3) is 4.79. The van der Waals surface area contributed by atoms with Crippen molar-refractivity contribution in [2.24, 2.45) is 0 Å². The molecule has 0 spiro atoms. The van der Waals surface area contributed by atoms with E-state index in [4.69, 9.17) is 9.26 Å². The van der Waals surface area contributed by atoms with Gasteiger partial charge in [0.1, 0.15) is 16.5 Å². The number of pyridine rings is 1. The molecule has 11 heteroatoms. The number of rotatable bonds is 6. The molecule has 0 N–H and O–H groups in total. The van der Waals surface area contributed by atoms with Crippen LogP contribution >= 0.6 is 0 Å². The summed E-state index contributed by atoms with van der Waals surface area (Å²) in [7, 11) is -3.55. The Morgan fingerprint density at radius 1 is 1.06 bits per heavy atom. The topological polar surface area (TPSA) is 109 Å². The van der Waals surface area contributed by atoms with E-state index in [1.54, 1.807) is 12.1 Å². The fourth-order valence-corrected chi connectivity index (χ4v) is 5.44. The van der Waals surface area contributed by atoms with Gasteiger partial charge >= 0.3 is 0 Å². The van der Waals surface area contributed by atoms with Gasteiger partial charge in [0, 0.05) is 57.4 Å². The van der Waals surface area contributed by atoms with Crippen LogP contribution in [-0.4, -0.2) is 86.2 Å². The quantitative estimate of drug-likeness (QED) is 0.624. The third-order valence-corrected chi connectivity index (χ3v) is 7.94. The van der Waals surface area contributed by atoms with Crippen LogP contribution in [0.3, 0.4) is 0 Å². The number of carbonyl (C=O) groups is 1. The molecule has 174 valence electrons. The summed E-state index contributed by atoms with van der Waals surface area (Å²) in [4.78, 5) is 21.1. The van der Waals surface area contributed by atoms with Gasteiger partial charge in [-0.25, -0.2) is 13.4 Å². The minimum absolute atomic E-state index is 0.115. The summed E-state index contributed by atoms with van der Waals surface area (Å²) in [6.07, 6.45) is 2.47. The summed E-state index contributed by atoms with van der Waals surface area (Å²) in [5.41, 5.74) is 1.85. The van der Waals surface area contributed by atoms with E-state index in [-0.39, 0.29) is 10.8 Å². The molecule has 2 saturated heterocycles. The lowest BCUT2D eigenvalue weighted by atomic mass is 10.1. The molecule has 0 atom stereocenters. The lowest BCUT2D eigenvalue weighted by Gasteiger charge is -2.35. The predicted molar refractivity (Wildman–Crippen MR) is 117 cm³/mol. The zero-order chi connectivity index (χ0) is 22.7. The molecule has 10 nitrogen and oxygen atoms in total. The van der Waals surface area contributed by atoms with Gasteiger partial charge in [0.25, 0.3) is 0 Å². The first-order chi connectivity index (χ1) is 15.4. The third-order valence-electron chi connectivity index (χ3n) is 6.06. The van der Waals surface area contributed by atoms with Gasteiger partial charge in [0.15, 0.2) is 0 Å². The maximum Gasteiger partial charge on any atom is 0.244 e. The molecule has 0 aliphatic carbocycles. The summed E-state index contributed by atoms with van der Waals surface area (Å²) in [5, 5.41) is 3.94. The van der Waals surface area contributed by atoms with E-state index in [2.05, 4.69) is 15.0 Å². The molecule has 2 aliphatic rings. The van der Waals surface area contributed by atoms with Crippen LogP contribution in [0, 0.1) is 13.8 Å². The molecule has 0 bridgehead atoms. The number of hydrogen-bond donors (Lipinski definition) is 0. The maximum atomic E-state index is 12.7. The Hall–Kier alpha value is -2.50. The van der Waals surface area contributed by atoms with Crippen LogP contribution in [0.25, 0.3) is 0 Å². The van der Waals surface area contributed by atoms with Gasteiger partial charge in [-0.15, -0.1) is 0 Å². The number of aromatic nitrogens is 2. The minimum atomic E-state index is -3.55. The second-order valence-corrected chi connectivity index (χ2v) is 9.98. The molecule has 2 aromatic rings. The Kier molecular flexibility index (Phi) is 6.77. The summed E-state index contributed by atoms with van der Waals surface area (Å²) in [6.45, 7) is 7.80. The molecule has 32 heavy (non-hydrogen) atoms. The van der Waals surface area contributed by atoms with Crippen molar-refractivity contribution in [1.29, 1.82) is 0 Å². The van der Waals surface area contributed by atoms with Crippen molar-refractivity contribution in [2.45, 2.75) is 31.6 Å². The molecule has 0 radical (unpaired) electrons. The number of amides is 1. The van der Waals surface area contributed by atoms with Crippen LogP contribution in [0.1, 0.15) is 23.4 Å². The van der Waals surface area contributed by atoms with Crippen LogP contribution in [0.5, 0.6) is 0 Å². The number of hydrogen-bond acceptors (Lipinski definition) is 8. The zero-order valence-corrected chi connectivity index (χ0v) is 19.3. The molecule has 4 heterocycles. The fourth-order valence-electron chi connectivity index (χ4n) is 4.08. The highest BCUT2D eigenvalue weighted by Gasteiger charge is 2.27. The number of sulfonamides is 1. The minimum Gasteiger partial charge on any atom is -0.379 e. The first-order valence-corrected chi connectivity index (χ1v) is 12.3. The molecular weight excluding hydrogens is 434 g/mol. The molecule has 0 unspecified atom stereocenters. The Bertz CT molecular complexity index is 1020. The van der Waals surface area contributed by atoms with Crippen LogP contribution < -0.4 is 4.90 Å². The molecule has 1 amide bonds. The summed E-state index contributed by atoms with van der Waals surface area (Å²) >= 11 is 0. The van der Waals surface area contributed by atoms with Crippen molar-refractivity contribution in [2.75, 3.05) is 57.4 Å². The van der Waals surface area contributed by atoms with Crippen molar-refractivity contribution < 1.29 is 22.5 Å². The van der Waals surface area contributed by atoms with Crippen LogP contribution in [0.15, 0.2) is 27.7 Å². The average Bonchev–Trinajstić information content (AvgIpc) is 3.15. The van der Waals surface area contributed by atoms with Gasteiger partial charge in [0.05, 0.1) is 18.9 Å². The standard InChI is InChI=1S/C21H29N5O5S/c1-16-19(17(2)31-23-16)4-6-21(27)25-9-7-24(8-10-25)20-5-3-18(15-22-20)32(28,29)26-11-13-30-14-12-26/h3,5,15H,4,6-14H2,1-2H3. The Morgan fingerprint density at radius 3 is 2.38 bits per heavy atom. The second kappa shape index (κ2) is 9.55. The normalized spacial score (nSPS) is 18.2. The highest BCUT2D eigenvalue weighted by molar-refractivity contribution is 7.89. The number of anilines is 1. The second-order valence-electron chi connectivity index (χ2n) is 8.04. The van der Waals surface area contributed by atoms with E-state index in [9.17, 15) is 13.2 Å². The highest BCUT2D eigenvalue weighted by atomic mass is 32.2. The van der Waals surface area contributed by atoms with Crippen LogP contribution in [0.2, 0.25) is 0 Å². The molecule has 2 aromatic heterocycles. The number of piperazine rings is 1. The van der Waals surface area contributed by atoms with E-state index in [1.807, 2.05) is 18.7 Å². The van der Waals surface area contributed by atoms with Gasteiger partial charge < -0.3 is 19.1 Å². The first kappa shape index (κ1) is 22.7. The lowest BCUT2D eigenvalue weighted by Crippen LogP contribution is -2.49. The Morgan fingerprint density at radius 2 is 1.78 bits per heavy atom. The maximum absolute atomic E-state index is 12.7. The molecular formula is C21H29N5O5S. The fraction of sp³-hybridized carbons (Fsp3) is 0.571. The predicted octanol–water partition coefficient (Wildman–Crippen LogP) is 0.989. The smallest absolute Gasteiger partial charge is 0.244 e. The SMILES string of the molecule is Cc1noc(C)c1CCC(=O)N1CCN(c2ccc(S(=O)(=O)N3CCOCC3)cn2)CC1. The van der Waals surface area contributed by atoms with Crippen LogP contribution in [0.4, 0.5) is 5.82 Å². The summed E-state index contributed by atoms with van der Waals surface area (Å²) in [5.74, 6) is 1.60. The van der Waals surface area contributed by atoms with E-state index >= 15 is 0 Å². The summed E-state index contributed by atoms with van der Waals surface area (Å²) < 4.78 is 37.3. The van der Waals surface area contributed by atoms with Crippen LogP contribution in [-0.2, 0) is 26.0 Å². The van der Waals surface area contributed by atoms with E-state index in [0.29, 0.717) is 71.1 Å². The zero-order valence-electron chi connectivity index (χ0n) is 18.5. The van der Waals surface area contributed by atoms with Gasteiger partial charge in [-0.3, -0.25) is 4.79 Å². The van der Waals surface area contributed by atoms with Crippen molar-refractivity contribution in [3.05, 3.63) is 35.3 Å². The number of aryl methyl sites for hydroxylation is 2. The Labute approximate surface area is 188 Å². The molecule has 2 aliphatic heterocycles. The first-order valence-electron chi connectivity index (χ1n) is 10.8. The van der Waals surface area contributed by atoms with E-state index in [1.165, 1.54) is 10.5 Å². The largest absolute Gasteiger partial charge is 0.379 e. The number of ether oxygens (including phenoxy) is 1. The highest BCUT2D eigenvalue weighted by Crippen LogP contribution is 2.21. The Balaban J connectivity index is 1.30. The molecule has 4 rings (SSSR count).